The van der Waals surface area contributed by atoms with E-state index in [-0.39, 0.29) is 0 Å². The zero-order valence-corrected chi connectivity index (χ0v) is 7.78. The standard InChI is InChI=1S/C9H12N4/c1-10-6-7-3-4-8-9(5-7)13(2)12-11-8/h3-5,10H,6H2,1-2H3. The Morgan fingerprint density at radius 1 is 1.46 bits per heavy atom. The SMILES string of the molecule is CNCc1ccc2nnn(C)c2c1. The summed E-state index contributed by atoms with van der Waals surface area (Å²) in [7, 11) is 3.84. The van der Waals surface area contributed by atoms with E-state index in [4.69, 9.17) is 0 Å². The van der Waals surface area contributed by atoms with E-state index < -0.39 is 0 Å². The Labute approximate surface area is 76.6 Å². The molecular weight excluding hydrogens is 164 g/mol. The van der Waals surface area contributed by atoms with Gasteiger partial charge in [-0.1, -0.05) is 11.3 Å². The van der Waals surface area contributed by atoms with Crippen LogP contribution in [0.3, 0.4) is 0 Å². The molecule has 0 spiro atoms. The number of aromatic nitrogens is 3. The third-order valence-electron chi connectivity index (χ3n) is 2.06. The minimum absolute atomic E-state index is 0.876. The molecule has 0 amide bonds. The fourth-order valence-corrected chi connectivity index (χ4v) is 1.39. The summed E-state index contributed by atoms with van der Waals surface area (Å²) in [4.78, 5) is 0. The molecule has 0 aliphatic rings. The molecule has 1 aromatic heterocycles. The lowest BCUT2D eigenvalue weighted by Crippen LogP contribution is -2.04. The summed E-state index contributed by atoms with van der Waals surface area (Å²) in [6, 6.07) is 6.16. The zero-order chi connectivity index (χ0) is 9.26. The van der Waals surface area contributed by atoms with E-state index in [1.807, 2.05) is 20.2 Å². The molecule has 4 heteroatoms. The fourth-order valence-electron chi connectivity index (χ4n) is 1.39. The topological polar surface area (TPSA) is 42.7 Å². The van der Waals surface area contributed by atoms with Crippen molar-refractivity contribution in [3.05, 3.63) is 23.8 Å². The Bertz CT molecular complexity index is 418. The number of rotatable bonds is 2. The minimum atomic E-state index is 0.876. The second-order valence-corrected chi connectivity index (χ2v) is 3.07. The average Bonchev–Trinajstić information content (AvgIpc) is 2.49. The second-order valence-electron chi connectivity index (χ2n) is 3.07. The van der Waals surface area contributed by atoms with Gasteiger partial charge in [-0.25, -0.2) is 4.68 Å². The number of fused-ring (bicyclic) bond motifs is 1. The monoisotopic (exact) mass is 176 g/mol. The van der Waals surface area contributed by atoms with Crippen LogP contribution in [0.25, 0.3) is 11.0 Å². The molecule has 2 rings (SSSR count). The summed E-state index contributed by atoms with van der Waals surface area (Å²) >= 11 is 0. The Kier molecular flexibility index (Phi) is 1.98. The second kappa shape index (κ2) is 3.14. The van der Waals surface area contributed by atoms with Crippen LogP contribution in [0.4, 0.5) is 0 Å². The molecule has 1 heterocycles. The van der Waals surface area contributed by atoms with Crippen LogP contribution in [0.15, 0.2) is 18.2 Å². The highest BCUT2D eigenvalue weighted by Gasteiger charge is 2.01. The van der Waals surface area contributed by atoms with E-state index in [0.717, 1.165) is 17.6 Å². The number of hydrogen-bond acceptors (Lipinski definition) is 3. The lowest BCUT2D eigenvalue weighted by molar-refractivity contribution is 0.735. The molecule has 0 aliphatic carbocycles. The quantitative estimate of drug-likeness (QED) is 0.732. The summed E-state index contributed by atoms with van der Waals surface area (Å²) in [5.74, 6) is 0. The third kappa shape index (κ3) is 1.40. The molecular formula is C9H12N4. The highest BCUT2D eigenvalue weighted by Crippen LogP contribution is 2.11. The maximum Gasteiger partial charge on any atom is 0.113 e. The molecule has 0 unspecified atom stereocenters. The lowest BCUT2D eigenvalue weighted by atomic mass is 10.2. The van der Waals surface area contributed by atoms with E-state index in [0.29, 0.717) is 0 Å². The van der Waals surface area contributed by atoms with Gasteiger partial charge in [0.25, 0.3) is 0 Å². The van der Waals surface area contributed by atoms with Gasteiger partial charge in [0.2, 0.25) is 0 Å². The molecule has 0 aliphatic heterocycles. The summed E-state index contributed by atoms with van der Waals surface area (Å²) < 4.78 is 1.79. The maximum absolute atomic E-state index is 4.01. The van der Waals surface area contributed by atoms with Gasteiger partial charge in [-0.15, -0.1) is 5.10 Å². The fraction of sp³-hybridized carbons (Fsp3) is 0.333. The summed E-state index contributed by atoms with van der Waals surface area (Å²) in [6.45, 7) is 0.876. The molecule has 1 N–H and O–H groups in total. The predicted octanol–water partition coefficient (Wildman–Crippen LogP) is 0.688. The van der Waals surface area contributed by atoms with Crippen molar-refractivity contribution >= 4 is 11.0 Å². The van der Waals surface area contributed by atoms with Gasteiger partial charge in [0.15, 0.2) is 0 Å². The minimum Gasteiger partial charge on any atom is -0.316 e. The highest BCUT2D eigenvalue weighted by atomic mass is 15.4. The summed E-state index contributed by atoms with van der Waals surface area (Å²) in [5, 5.41) is 11.1. The molecule has 0 atom stereocenters. The van der Waals surface area contributed by atoms with Crippen LogP contribution in [0.2, 0.25) is 0 Å². The van der Waals surface area contributed by atoms with Gasteiger partial charge < -0.3 is 5.32 Å². The van der Waals surface area contributed by atoms with Crippen LogP contribution in [-0.4, -0.2) is 22.0 Å². The van der Waals surface area contributed by atoms with Crippen molar-refractivity contribution in [3.63, 3.8) is 0 Å². The smallest absolute Gasteiger partial charge is 0.113 e. The molecule has 0 fully saturated rings. The van der Waals surface area contributed by atoms with Crippen molar-refractivity contribution in [2.45, 2.75) is 6.54 Å². The van der Waals surface area contributed by atoms with Crippen molar-refractivity contribution in [1.82, 2.24) is 20.3 Å². The molecule has 0 bridgehead atoms. The lowest BCUT2D eigenvalue weighted by Gasteiger charge is -1.99. The molecule has 0 radical (unpaired) electrons. The van der Waals surface area contributed by atoms with Gasteiger partial charge in [-0.2, -0.15) is 0 Å². The van der Waals surface area contributed by atoms with Crippen LogP contribution >= 0.6 is 0 Å². The van der Waals surface area contributed by atoms with Gasteiger partial charge >= 0.3 is 0 Å². The van der Waals surface area contributed by atoms with Crippen LogP contribution in [0, 0.1) is 0 Å². The van der Waals surface area contributed by atoms with Crippen LogP contribution in [0.5, 0.6) is 0 Å². The van der Waals surface area contributed by atoms with E-state index in [9.17, 15) is 0 Å². The largest absolute Gasteiger partial charge is 0.316 e. The maximum atomic E-state index is 4.01. The number of benzene rings is 1. The Balaban J connectivity index is 2.53. The van der Waals surface area contributed by atoms with Crippen molar-refractivity contribution in [2.24, 2.45) is 7.05 Å². The van der Waals surface area contributed by atoms with Crippen molar-refractivity contribution in [3.8, 4) is 0 Å². The predicted molar refractivity (Wildman–Crippen MR) is 51.3 cm³/mol. The van der Waals surface area contributed by atoms with Crippen molar-refractivity contribution < 1.29 is 0 Å². The van der Waals surface area contributed by atoms with Gasteiger partial charge in [-0.05, 0) is 24.7 Å². The van der Waals surface area contributed by atoms with Gasteiger partial charge in [0.05, 0.1) is 5.52 Å². The Morgan fingerprint density at radius 2 is 2.31 bits per heavy atom. The van der Waals surface area contributed by atoms with E-state index >= 15 is 0 Å². The Morgan fingerprint density at radius 3 is 3.08 bits per heavy atom. The first-order chi connectivity index (χ1) is 6.31. The molecule has 0 saturated carbocycles. The molecule has 4 nitrogen and oxygen atoms in total. The first kappa shape index (κ1) is 8.19. The van der Waals surface area contributed by atoms with Gasteiger partial charge in [0.1, 0.15) is 5.52 Å². The van der Waals surface area contributed by atoms with Crippen LogP contribution in [0.1, 0.15) is 5.56 Å². The highest BCUT2D eigenvalue weighted by molar-refractivity contribution is 5.74. The Hall–Kier alpha value is -1.42. The summed E-state index contributed by atoms with van der Waals surface area (Å²) in [5.41, 5.74) is 3.27. The zero-order valence-electron chi connectivity index (χ0n) is 7.78. The molecule has 68 valence electrons. The molecule has 13 heavy (non-hydrogen) atoms. The first-order valence-electron chi connectivity index (χ1n) is 4.24. The van der Waals surface area contributed by atoms with Crippen molar-refractivity contribution in [1.29, 1.82) is 0 Å². The number of aryl methyl sites for hydroxylation is 1. The number of nitrogens with one attached hydrogen (secondary N) is 1. The van der Waals surface area contributed by atoms with Gasteiger partial charge in [-0.3, -0.25) is 0 Å². The van der Waals surface area contributed by atoms with E-state index in [1.165, 1.54) is 5.56 Å². The average molecular weight is 176 g/mol. The van der Waals surface area contributed by atoms with Crippen LogP contribution in [-0.2, 0) is 13.6 Å². The molecule has 1 aromatic carbocycles. The summed E-state index contributed by atoms with van der Waals surface area (Å²) in [6.07, 6.45) is 0. The number of hydrogen-bond donors (Lipinski definition) is 1. The molecule has 0 saturated heterocycles. The van der Waals surface area contributed by atoms with Crippen LogP contribution < -0.4 is 5.32 Å². The first-order valence-corrected chi connectivity index (χ1v) is 4.24. The van der Waals surface area contributed by atoms with E-state index in [2.05, 4.69) is 27.8 Å². The molecule has 2 aromatic rings. The normalized spacial score (nSPS) is 10.9. The van der Waals surface area contributed by atoms with Crippen molar-refractivity contribution in [2.75, 3.05) is 7.05 Å². The third-order valence-corrected chi connectivity index (χ3v) is 2.06. The number of nitrogens with zero attached hydrogens (tertiary/aromatic N) is 3. The van der Waals surface area contributed by atoms with E-state index in [1.54, 1.807) is 4.68 Å². The van der Waals surface area contributed by atoms with Gasteiger partial charge in [0, 0.05) is 13.6 Å².